The zero-order valence-electron chi connectivity index (χ0n) is 18.6. The molecule has 2 aromatic carbocycles. The summed E-state index contributed by atoms with van der Waals surface area (Å²) in [5.74, 6) is 0.587. The number of hydrogen-bond donors (Lipinski definition) is 3. The minimum atomic E-state index is -0.828. The molecule has 0 aliphatic carbocycles. The third kappa shape index (κ3) is 4.98. The second-order valence-electron chi connectivity index (χ2n) is 7.46. The molecule has 0 radical (unpaired) electrons. The number of carbonyl (C=O) groups is 3. The summed E-state index contributed by atoms with van der Waals surface area (Å²) in [6.45, 7) is 0.0216. The standard InChI is InChI=1S/C23H23N5O6/c1-32-17-9-7-13(11-18(17)33-2)21-27-20(34-28-21)12-24-19(29)10-8-16-23(31)25-15-6-4-3-5-14(15)22(30)26-16/h3-7,9,11,16H,8,10,12H2,1-2H3,(H,24,29)(H,25,31)(H,26,30)/t16-/m1/s1. The van der Waals surface area contributed by atoms with Gasteiger partial charge in [-0.3, -0.25) is 14.4 Å². The van der Waals surface area contributed by atoms with Crippen LogP contribution in [0.2, 0.25) is 0 Å². The van der Waals surface area contributed by atoms with Gasteiger partial charge >= 0.3 is 0 Å². The van der Waals surface area contributed by atoms with Crippen molar-refractivity contribution in [3.05, 3.63) is 53.9 Å². The van der Waals surface area contributed by atoms with Gasteiger partial charge in [0.1, 0.15) is 6.04 Å². The lowest BCUT2D eigenvalue weighted by Crippen LogP contribution is -2.42. The van der Waals surface area contributed by atoms with Crippen LogP contribution < -0.4 is 25.4 Å². The summed E-state index contributed by atoms with van der Waals surface area (Å²) in [6.07, 6.45) is 0.156. The van der Waals surface area contributed by atoms with Crippen LogP contribution in [0.4, 0.5) is 5.69 Å². The fourth-order valence-corrected chi connectivity index (χ4v) is 3.47. The Kier molecular flexibility index (Phi) is 6.72. The Morgan fingerprint density at radius 1 is 1.12 bits per heavy atom. The number of nitrogens with one attached hydrogen (secondary N) is 3. The molecule has 0 unspecified atom stereocenters. The van der Waals surface area contributed by atoms with Gasteiger partial charge in [-0.25, -0.2) is 0 Å². The number of carbonyl (C=O) groups excluding carboxylic acids is 3. The topological polar surface area (TPSA) is 145 Å². The van der Waals surface area contributed by atoms with E-state index < -0.39 is 6.04 Å². The molecule has 34 heavy (non-hydrogen) atoms. The molecule has 2 heterocycles. The highest BCUT2D eigenvalue weighted by molar-refractivity contribution is 6.09. The first-order chi connectivity index (χ1) is 16.5. The number of methoxy groups -OCH3 is 2. The van der Waals surface area contributed by atoms with Gasteiger partial charge in [0.25, 0.3) is 5.91 Å². The van der Waals surface area contributed by atoms with Gasteiger partial charge in [0, 0.05) is 12.0 Å². The van der Waals surface area contributed by atoms with Crippen molar-refractivity contribution >= 4 is 23.4 Å². The number of benzene rings is 2. The second-order valence-corrected chi connectivity index (χ2v) is 7.46. The van der Waals surface area contributed by atoms with Gasteiger partial charge in [-0.1, -0.05) is 17.3 Å². The first kappa shape index (κ1) is 22.8. The van der Waals surface area contributed by atoms with Gasteiger partial charge in [-0.2, -0.15) is 4.98 Å². The Morgan fingerprint density at radius 3 is 2.71 bits per heavy atom. The molecule has 3 amide bonds. The van der Waals surface area contributed by atoms with Crippen LogP contribution in [0.5, 0.6) is 11.5 Å². The molecule has 11 heteroatoms. The van der Waals surface area contributed by atoms with Crippen molar-refractivity contribution in [3.63, 3.8) is 0 Å². The molecule has 0 saturated carbocycles. The van der Waals surface area contributed by atoms with E-state index in [1.54, 1.807) is 49.6 Å². The van der Waals surface area contributed by atoms with Gasteiger partial charge < -0.3 is 29.9 Å². The molecule has 1 aromatic heterocycles. The van der Waals surface area contributed by atoms with Crippen molar-refractivity contribution in [1.82, 2.24) is 20.8 Å². The predicted molar refractivity (Wildman–Crippen MR) is 120 cm³/mol. The number of nitrogens with zero attached hydrogens (tertiary/aromatic N) is 2. The number of anilines is 1. The quantitative estimate of drug-likeness (QED) is 0.457. The van der Waals surface area contributed by atoms with Crippen LogP contribution >= 0.6 is 0 Å². The van der Waals surface area contributed by atoms with E-state index in [0.717, 1.165) is 0 Å². The summed E-state index contributed by atoms with van der Waals surface area (Å²) in [6, 6.07) is 11.1. The lowest BCUT2D eigenvalue weighted by molar-refractivity contribution is -0.122. The number of aromatic nitrogens is 2. The van der Waals surface area contributed by atoms with E-state index in [4.69, 9.17) is 14.0 Å². The molecule has 0 bridgehead atoms. The average Bonchev–Trinajstić information content (AvgIpc) is 3.29. The summed E-state index contributed by atoms with van der Waals surface area (Å²) < 4.78 is 15.7. The largest absolute Gasteiger partial charge is 0.493 e. The molecule has 3 aromatic rings. The number of para-hydroxylation sites is 1. The van der Waals surface area contributed by atoms with Crippen LogP contribution in [0.1, 0.15) is 29.1 Å². The average molecular weight is 465 g/mol. The van der Waals surface area contributed by atoms with Crippen LogP contribution in [-0.2, 0) is 16.1 Å². The lowest BCUT2D eigenvalue weighted by Gasteiger charge is -2.14. The van der Waals surface area contributed by atoms with E-state index in [-0.39, 0.29) is 43.0 Å². The molecule has 4 rings (SSSR count). The SMILES string of the molecule is COc1ccc(-c2noc(CNC(=O)CC[C@H]3NC(=O)c4ccccc4NC3=O)n2)cc1OC. The Hall–Kier alpha value is -4.41. The highest BCUT2D eigenvalue weighted by atomic mass is 16.5. The van der Waals surface area contributed by atoms with E-state index in [2.05, 4.69) is 26.1 Å². The van der Waals surface area contributed by atoms with Crippen LogP contribution in [0.3, 0.4) is 0 Å². The van der Waals surface area contributed by atoms with Crippen LogP contribution in [0.15, 0.2) is 47.0 Å². The maximum Gasteiger partial charge on any atom is 0.254 e. The molecule has 1 aliphatic rings. The summed E-state index contributed by atoms with van der Waals surface area (Å²) in [4.78, 5) is 41.4. The summed E-state index contributed by atoms with van der Waals surface area (Å²) in [7, 11) is 3.07. The second kappa shape index (κ2) is 10.0. The maximum absolute atomic E-state index is 12.4. The lowest BCUT2D eigenvalue weighted by atomic mass is 10.1. The minimum Gasteiger partial charge on any atom is -0.493 e. The zero-order chi connectivity index (χ0) is 24.1. The number of rotatable bonds is 8. The highest BCUT2D eigenvalue weighted by Crippen LogP contribution is 2.31. The van der Waals surface area contributed by atoms with Crippen molar-refractivity contribution in [2.24, 2.45) is 0 Å². The molecule has 3 N–H and O–H groups in total. The van der Waals surface area contributed by atoms with E-state index in [1.165, 1.54) is 7.11 Å². The van der Waals surface area contributed by atoms with Crippen molar-refractivity contribution in [3.8, 4) is 22.9 Å². The first-order valence-electron chi connectivity index (χ1n) is 10.5. The van der Waals surface area contributed by atoms with E-state index in [1.807, 2.05) is 0 Å². The number of fused-ring (bicyclic) bond motifs is 1. The smallest absolute Gasteiger partial charge is 0.254 e. The fourth-order valence-electron chi connectivity index (χ4n) is 3.47. The van der Waals surface area contributed by atoms with Gasteiger partial charge in [0.05, 0.1) is 32.0 Å². The minimum absolute atomic E-state index is 0.0192. The predicted octanol–water partition coefficient (Wildman–Crippen LogP) is 1.90. The van der Waals surface area contributed by atoms with Crippen LogP contribution in [0, 0.1) is 0 Å². The van der Waals surface area contributed by atoms with E-state index in [0.29, 0.717) is 34.1 Å². The molecule has 0 spiro atoms. The summed E-state index contributed by atoms with van der Waals surface area (Å²) in [5, 5.41) is 12.0. The Balaban J connectivity index is 1.30. The molecule has 1 aliphatic heterocycles. The number of hydrogen-bond acceptors (Lipinski definition) is 8. The Bertz CT molecular complexity index is 1220. The first-order valence-corrected chi connectivity index (χ1v) is 10.5. The zero-order valence-corrected chi connectivity index (χ0v) is 18.6. The molecular formula is C23H23N5O6. The van der Waals surface area contributed by atoms with Crippen molar-refractivity contribution in [2.45, 2.75) is 25.4 Å². The Labute approximate surface area is 194 Å². The number of ether oxygens (including phenoxy) is 2. The maximum atomic E-state index is 12.4. The molecular weight excluding hydrogens is 442 g/mol. The molecule has 176 valence electrons. The fraction of sp³-hybridized carbons (Fsp3) is 0.261. The van der Waals surface area contributed by atoms with Gasteiger partial charge in [0.2, 0.25) is 23.5 Å². The van der Waals surface area contributed by atoms with Crippen LogP contribution in [-0.4, -0.2) is 48.1 Å². The third-order valence-electron chi connectivity index (χ3n) is 5.26. The summed E-state index contributed by atoms with van der Waals surface area (Å²) in [5.41, 5.74) is 1.48. The Morgan fingerprint density at radius 2 is 1.91 bits per heavy atom. The van der Waals surface area contributed by atoms with Crippen LogP contribution in [0.25, 0.3) is 11.4 Å². The van der Waals surface area contributed by atoms with Gasteiger partial charge in [0.15, 0.2) is 11.5 Å². The van der Waals surface area contributed by atoms with E-state index >= 15 is 0 Å². The van der Waals surface area contributed by atoms with Crippen molar-refractivity contribution in [2.75, 3.05) is 19.5 Å². The van der Waals surface area contributed by atoms with Gasteiger partial charge in [-0.05, 0) is 36.8 Å². The molecule has 0 fully saturated rings. The molecule has 11 nitrogen and oxygen atoms in total. The normalized spacial score (nSPS) is 14.9. The molecule has 0 saturated heterocycles. The summed E-state index contributed by atoms with van der Waals surface area (Å²) >= 11 is 0. The van der Waals surface area contributed by atoms with Crippen molar-refractivity contribution in [1.29, 1.82) is 0 Å². The highest BCUT2D eigenvalue weighted by Gasteiger charge is 2.27. The van der Waals surface area contributed by atoms with Gasteiger partial charge in [-0.15, -0.1) is 0 Å². The number of amides is 3. The molecule has 1 atom stereocenters. The van der Waals surface area contributed by atoms with Crippen molar-refractivity contribution < 1.29 is 28.4 Å². The van der Waals surface area contributed by atoms with E-state index in [9.17, 15) is 14.4 Å². The monoisotopic (exact) mass is 465 g/mol. The third-order valence-corrected chi connectivity index (χ3v) is 5.26.